The van der Waals surface area contributed by atoms with Crippen LogP contribution in [-0.2, 0) is 4.74 Å². The van der Waals surface area contributed by atoms with Crippen molar-refractivity contribution < 1.29 is 32.9 Å². The summed E-state index contributed by atoms with van der Waals surface area (Å²) < 4.78 is 41.8. The van der Waals surface area contributed by atoms with Crippen molar-refractivity contribution >= 4 is 33.6 Å². The Bertz CT molecular complexity index is 1850. The number of ether oxygens (including phenoxy) is 5. The molecule has 0 fully saturated rings. The summed E-state index contributed by atoms with van der Waals surface area (Å²) in [5.41, 5.74) is 7.60. The second kappa shape index (κ2) is 13.1. The van der Waals surface area contributed by atoms with Crippen LogP contribution in [0.2, 0.25) is 0 Å². The van der Waals surface area contributed by atoms with E-state index in [1.54, 1.807) is 71.8 Å². The quantitative estimate of drug-likeness (QED) is 0.182. The van der Waals surface area contributed by atoms with Gasteiger partial charge in [0.25, 0.3) is 0 Å². The molecule has 0 aliphatic rings. The molecule has 11 nitrogen and oxygen atoms in total. The second-order valence-corrected chi connectivity index (χ2v) is 11.2. The fraction of sp³-hybridized carbons (Fsp3) is 0.273. The lowest BCUT2D eigenvalue weighted by Crippen LogP contribution is -2.45. The topological polar surface area (TPSA) is 140 Å². The number of nitrogens with zero attached hydrogens (tertiary/aromatic N) is 3. The van der Waals surface area contributed by atoms with Crippen molar-refractivity contribution in [1.29, 1.82) is 0 Å². The molecular weight excluding hydrogens is 581 g/mol. The lowest BCUT2D eigenvalue weighted by Gasteiger charge is -2.24. The predicted octanol–water partition coefficient (Wildman–Crippen LogP) is 5.93. The molecule has 0 unspecified atom stereocenters. The van der Waals surface area contributed by atoms with E-state index in [2.05, 4.69) is 20.3 Å². The van der Waals surface area contributed by atoms with Crippen LogP contribution in [0.4, 0.5) is 15.0 Å². The molecule has 5 rings (SSSR count). The molecule has 0 saturated carbocycles. The zero-order valence-electron chi connectivity index (χ0n) is 25.6. The molecule has 0 spiro atoms. The fourth-order valence-electron chi connectivity index (χ4n) is 4.60. The van der Waals surface area contributed by atoms with Crippen LogP contribution in [0.3, 0.4) is 0 Å². The van der Waals surface area contributed by atoms with Crippen molar-refractivity contribution in [3.8, 4) is 34.3 Å². The van der Waals surface area contributed by atoms with E-state index in [1.807, 2.05) is 12.1 Å². The lowest BCUT2D eigenvalue weighted by atomic mass is 10.0. The number of anilines is 1. The number of benzene rings is 2. The first-order valence-corrected chi connectivity index (χ1v) is 14.1. The Morgan fingerprint density at radius 2 is 1.64 bits per heavy atom. The van der Waals surface area contributed by atoms with Gasteiger partial charge < -0.3 is 34.7 Å². The number of methoxy groups -OCH3 is 2. The number of pyridine rings is 3. The van der Waals surface area contributed by atoms with E-state index >= 15 is 0 Å². The highest BCUT2D eigenvalue weighted by atomic mass is 19.1. The molecule has 45 heavy (non-hydrogen) atoms. The highest BCUT2D eigenvalue weighted by Crippen LogP contribution is 2.37. The molecule has 5 aromatic rings. The highest BCUT2D eigenvalue weighted by molar-refractivity contribution is 6.10. The van der Waals surface area contributed by atoms with Gasteiger partial charge in [0.2, 0.25) is 0 Å². The largest absolute Gasteiger partial charge is 0.493 e. The predicted molar refractivity (Wildman–Crippen MR) is 168 cm³/mol. The minimum absolute atomic E-state index is 0.00488. The molecule has 1 amide bonds. The number of hydrogen-bond donors (Lipinski definition) is 2. The molecule has 2 aromatic carbocycles. The summed E-state index contributed by atoms with van der Waals surface area (Å²) in [5, 5.41) is 5.09. The number of carbonyl (C=O) groups is 1. The van der Waals surface area contributed by atoms with Crippen LogP contribution in [0.25, 0.3) is 32.9 Å². The van der Waals surface area contributed by atoms with Crippen LogP contribution >= 0.6 is 0 Å². The molecule has 0 saturated heterocycles. The van der Waals surface area contributed by atoms with Crippen molar-refractivity contribution in [3.63, 3.8) is 0 Å². The van der Waals surface area contributed by atoms with Gasteiger partial charge in [-0.3, -0.25) is 9.97 Å². The third-order valence-corrected chi connectivity index (χ3v) is 6.64. The van der Waals surface area contributed by atoms with Gasteiger partial charge in [0.15, 0.2) is 11.5 Å². The summed E-state index contributed by atoms with van der Waals surface area (Å²) in [5.74, 6) is 1.72. The third kappa shape index (κ3) is 7.58. The van der Waals surface area contributed by atoms with Crippen LogP contribution in [-0.4, -0.2) is 60.1 Å². The molecule has 12 heteroatoms. The van der Waals surface area contributed by atoms with E-state index in [0.29, 0.717) is 51.0 Å². The first kappa shape index (κ1) is 31.0. The second-order valence-electron chi connectivity index (χ2n) is 11.2. The zero-order valence-corrected chi connectivity index (χ0v) is 25.6. The summed E-state index contributed by atoms with van der Waals surface area (Å²) >= 11 is 0. The smallest absolute Gasteiger partial charge is 0.408 e. The molecule has 0 radical (unpaired) electrons. The molecule has 0 aliphatic carbocycles. The maximum absolute atomic E-state index is 13.7. The Kier molecular flexibility index (Phi) is 9.03. The van der Waals surface area contributed by atoms with E-state index in [1.165, 1.54) is 18.2 Å². The van der Waals surface area contributed by atoms with E-state index in [9.17, 15) is 9.18 Å². The van der Waals surface area contributed by atoms with Gasteiger partial charge in [-0.25, -0.2) is 14.2 Å². The fourth-order valence-corrected chi connectivity index (χ4v) is 4.60. The minimum atomic E-state index is -0.704. The molecule has 3 aromatic heterocycles. The zero-order chi connectivity index (χ0) is 32.1. The van der Waals surface area contributed by atoms with Gasteiger partial charge in [0.1, 0.15) is 48.0 Å². The number of alkyl carbamates (subject to hydrolysis) is 1. The average Bonchev–Trinajstić information content (AvgIpc) is 3.00. The Labute approximate surface area is 259 Å². The van der Waals surface area contributed by atoms with Gasteiger partial charge in [-0.2, -0.15) is 0 Å². The normalized spacial score (nSPS) is 12.0. The SMILES string of the molecule is COc1cc2ncc3c(N)nc(-c4cncc(OC[C@@H](COc5cccc(F)c5)NC(=O)OC(C)(C)C)c4)cc3c2cc1OC. The van der Waals surface area contributed by atoms with Crippen LogP contribution in [0.1, 0.15) is 20.8 Å². The van der Waals surface area contributed by atoms with E-state index < -0.39 is 23.6 Å². The Morgan fingerprint density at radius 1 is 0.911 bits per heavy atom. The van der Waals surface area contributed by atoms with Gasteiger partial charge in [-0.05, 0) is 56.5 Å². The van der Waals surface area contributed by atoms with Crippen molar-refractivity contribution in [2.75, 3.05) is 33.2 Å². The van der Waals surface area contributed by atoms with Crippen molar-refractivity contribution in [2.24, 2.45) is 0 Å². The maximum atomic E-state index is 13.7. The van der Waals surface area contributed by atoms with Gasteiger partial charge in [-0.15, -0.1) is 0 Å². The Morgan fingerprint density at radius 3 is 2.36 bits per heavy atom. The number of amides is 1. The van der Waals surface area contributed by atoms with Crippen LogP contribution < -0.4 is 30.0 Å². The monoisotopic (exact) mass is 615 g/mol. The number of nitrogens with one attached hydrogen (secondary N) is 1. The molecule has 0 aliphatic heterocycles. The van der Waals surface area contributed by atoms with E-state index in [4.69, 9.17) is 29.4 Å². The van der Waals surface area contributed by atoms with Gasteiger partial charge in [-0.1, -0.05) is 6.07 Å². The number of nitrogens with two attached hydrogens (primary N) is 1. The molecule has 234 valence electrons. The Balaban J connectivity index is 1.40. The third-order valence-electron chi connectivity index (χ3n) is 6.64. The van der Waals surface area contributed by atoms with E-state index in [-0.39, 0.29) is 13.2 Å². The molecular formula is C33H34FN5O6. The van der Waals surface area contributed by atoms with Crippen molar-refractivity contribution in [3.05, 3.63) is 72.9 Å². The number of carbonyl (C=O) groups excluding carboxylic acids is 1. The Hall–Kier alpha value is -5.39. The first-order chi connectivity index (χ1) is 21.5. The lowest BCUT2D eigenvalue weighted by molar-refractivity contribution is 0.0465. The van der Waals surface area contributed by atoms with Crippen LogP contribution in [0.5, 0.6) is 23.0 Å². The minimum Gasteiger partial charge on any atom is -0.493 e. The van der Waals surface area contributed by atoms with Crippen molar-refractivity contribution in [1.82, 2.24) is 20.3 Å². The van der Waals surface area contributed by atoms with Gasteiger partial charge >= 0.3 is 6.09 Å². The number of aromatic nitrogens is 3. The van der Waals surface area contributed by atoms with Gasteiger partial charge in [0.05, 0.1) is 31.6 Å². The summed E-state index contributed by atoms with van der Waals surface area (Å²) in [7, 11) is 3.14. The maximum Gasteiger partial charge on any atom is 0.408 e. The molecule has 3 N–H and O–H groups in total. The number of hydrogen-bond acceptors (Lipinski definition) is 10. The highest BCUT2D eigenvalue weighted by Gasteiger charge is 2.21. The number of nitrogen functional groups attached to an aromatic ring is 1. The first-order valence-electron chi connectivity index (χ1n) is 14.1. The molecule has 1 atom stereocenters. The van der Waals surface area contributed by atoms with Gasteiger partial charge in [0, 0.05) is 40.9 Å². The standard InChI is InChI=1S/C33H34FN5O6/c1-33(2,3)45-32(40)38-21(17-43-22-8-6-7-20(34)10-22)18-44-23-9-19(14-36-15-23)27-11-24-25-12-29(41-4)30(42-5)13-28(25)37-16-26(24)31(35)39-27/h6-16,21H,17-18H2,1-5H3,(H2,35,39)(H,38,40)/t21-/m1/s1. The van der Waals surface area contributed by atoms with Crippen LogP contribution in [0.15, 0.2) is 67.1 Å². The number of halogens is 1. The number of fused-ring (bicyclic) bond motifs is 3. The van der Waals surface area contributed by atoms with Crippen LogP contribution in [0, 0.1) is 5.82 Å². The molecule has 3 heterocycles. The average molecular weight is 616 g/mol. The van der Waals surface area contributed by atoms with E-state index in [0.717, 1.165) is 10.8 Å². The summed E-state index contributed by atoms with van der Waals surface area (Å²) in [6.07, 6.45) is 4.23. The molecule has 0 bridgehead atoms. The number of rotatable bonds is 10. The summed E-state index contributed by atoms with van der Waals surface area (Å²) in [6.45, 7) is 5.29. The summed E-state index contributed by atoms with van der Waals surface area (Å²) in [4.78, 5) is 26.0. The van der Waals surface area contributed by atoms with Crippen molar-refractivity contribution in [2.45, 2.75) is 32.4 Å². The summed E-state index contributed by atoms with van der Waals surface area (Å²) in [6, 6.07) is 12.4.